The third-order valence-electron chi connectivity index (χ3n) is 4.47. The highest BCUT2D eigenvalue weighted by Crippen LogP contribution is 2.25. The van der Waals surface area contributed by atoms with Crippen molar-refractivity contribution in [2.24, 2.45) is 0 Å². The summed E-state index contributed by atoms with van der Waals surface area (Å²) in [6.07, 6.45) is 0. The minimum Gasteiger partial charge on any atom is -0.497 e. The highest BCUT2D eigenvalue weighted by Gasteiger charge is 2.12. The predicted octanol–water partition coefficient (Wildman–Crippen LogP) is 4.37. The second kappa shape index (κ2) is 7.41. The van der Waals surface area contributed by atoms with Crippen LogP contribution in [0.25, 0.3) is 22.4 Å². The van der Waals surface area contributed by atoms with Crippen molar-refractivity contribution in [1.29, 1.82) is 0 Å². The average Bonchev–Trinajstić information content (AvgIpc) is 3.08. The first-order valence-corrected chi connectivity index (χ1v) is 8.82. The van der Waals surface area contributed by atoms with Crippen molar-refractivity contribution >= 4 is 16.7 Å². The molecule has 0 fully saturated rings. The van der Waals surface area contributed by atoms with Crippen molar-refractivity contribution in [2.45, 2.75) is 6.54 Å². The Labute approximate surface area is 158 Å². The Hall–Kier alpha value is -3.47. The lowest BCUT2D eigenvalue weighted by molar-refractivity contribution is 0.300. The molecule has 5 heteroatoms. The molecule has 27 heavy (non-hydrogen) atoms. The van der Waals surface area contributed by atoms with E-state index in [4.69, 9.17) is 20.2 Å². The van der Waals surface area contributed by atoms with Crippen LogP contribution < -0.4 is 15.2 Å². The third-order valence-corrected chi connectivity index (χ3v) is 4.47. The van der Waals surface area contributed by atoms with Crippen molar-refractivity contribution in [3.05, 3.63) is 72.8 Å². The summed E-state index contributed by atoms with van der Waals surface area (Å²) in [4.78, 5) is 4.81. The SMILES string of the molecule is COc1ccc(OCCn2c(-c3ccc(N)cc3)nc3ccccc32)cc1. The zero-order chi connectivity index (χ0) is 18.6. The van der Waals surface area contributed by atoms with Crippen LogP contribution in [0.2, 0.25) is 0 Å². The second-order valence-electron chi connectivity index (χ2n) is 6.22. The van der Waals surface area contributed by atoms with Crippen LogP contribution in [0.5, 0.6) is 11.5 Å². The van der Waals surface area contributed by atoms with Crippen molar-refractivity contribution in [2.75, 3.05) is 19.5 Å². The van der Waals surface area contributed by atoms with Crippen LogP contribution in [0.1, 0.15) is 0 Å². The van der Waals surface area contributed by atoms with Gasteiger partial charge in [0.25, 0.3) is 0 Å². The van der Waals surface area contributed by atoms with E-state index in [1.54, 1.807) is 7.11 Å². The molecular formula is C22H21N3O2. The molecular weight excluding hydrogens is 338 g/mol. The van der Waals surface area contributed by atoms with Crippen LogP contribution in [0, 0.1) is 0 Å². The van der Waals surface area contributed by atoms with E-state index in [0.29, 0.717) is 13.2 Å². The van der Waals surface area contributed by atoms with Gasteiger partial charge in [-0.2, -0.15) is 0 Å². The molecule has 2 N–H and O–H groups in total. The Morgan fingerprint density at radius 3 is 2.33 bits per heavy atom. The highest BCUT2D eigenvalue weighted by molar-refractivity contribution is 5.80. The summed E-state index contributed by atoms with van der Waals surface area (Å²) in [6, 6.07) is 23.5. The standard InChI is InChI=1S/C22H21N3O2/c1-26-18-10-12-19(13-11-18)27-15-14-25-21-5-3-2-4-20(21)24-22(25)16-6-8-17(23)9-7-16/h2-13H,14-15,23H2,1H3. The van der Waals surface area contributed by atoms with Gasteiger partial charge in [0.2, 0.25) is 0 Å². The first-order chi connectivity index (χ1) is 13.2. The van der Waals surface area contributed by atoms with Crippen LogP contribution in [-0.4, -0.2) is 23.3 Å². The Morgan fingerprint density at radius 2 is 1.59 bits per heavy atom. The number of methoxy groups -OCH3 is 1. The summed E-state index contributed by atoms with van der Waals surface area (Å²) >= 11 is 0. The number of nitrogens with zero attached hydrogens (tertiary/aromatic N) is 2. The number of para-hydroxylation sites is 2. The predicted molar refractivity (Wildman–Crippen MR) is 108 cm³/mol. The number of imidazole rings is 1. The van der Waals surface area contributed by atoms with E-state index in [0.717, 1.165) is 39.6 Å². The van der Waals surface area contributed by atoms with Gasteiger partial charge in [-0.15, -0.1) is 0 Å². The number of aromatic nitrogens is 2. The van der Waals surface area contributed by atoms with Crippen LogP contribution in [0.15, 0.2) is 72.8 Å². The molecule has 0 amide bonds. The van der Waals surface area contributed by atoms with Gasteiger partial charge in [-0.3, -0.25) is 0 Å². The summed E-state index contributed by atoms with van der Waals surface area (Å²) in [5, 5.41) is 0. The first kappa shape index (κ1) is 17.0. The molecule has 1 heterocycles. The minimum atomic E-state index is 0.536. The number of hydrogen-bond donors (Lipinski definition) is 1. The number of anilines is 1. The fraction of sp³-hybridized carbons (Fsp3) is 0.136. The van der Waals surface area contributed by atoms with E-state index in [9.17, 15) is 0 Å². The lowest BCUT2D eigenvalue weighted by Crippen LogP contribution is -2.09. The van der Waals surface area contributed by atoms with Gasteiger partial charge in [0, 0.05) is 11.3 Å². The van der Waals surface area contributed by atoms with Crippen LogP contribution in [-0.2, 0) is 6.54 Å². The van der Waals surface area contributed by atoms with Gasteiger partial charge in [0.15, 0.2) is 0 Å². The fourth-order valence-corrected chi connectivity index (χ4v) is 3.08. The van der Waals surface area contributed by atoms with Crippen molar-refractivity contribution in [1.82, 2.24) is 9.55 Å². The van der Waals surface area contributed by atoms with Gasteiger partial charge in [-0.1, -0.05) is 12.1 Å². The number of hydrogen-bond acceptors (Lipinski definition) is 4. The molecule has 4 aromatic rings. The van der Waals surface area contributed by atoms with Crippen molar-refractivity contribution in [3.63, 3.8) is 0 Å². The van der Waals surface area contributed by atoms with E-state index < -0.39 is 0 Å². The van der Waals surface area contributed by atoms with Gasteiger partial charge in [-0.05, 0) is 60.7 Å². The van der Waals surface area contributed by atoms with Crippen LogP contribution in [0.3, 0.4) is 0 Å². The fourth-order valence-electron chi connectivity index (χ4n) is 3.08. The van der Waals surface area contributed by atoms with E-state index in [-0.39, 0.29) is 0 Å². The highest BCUT2D eigenvalue weighted by atomic mass is 16.5. The van der Waals surface area contributed by atoms with Gasteiger partial charge in [0.05, 0.1) is 24.7 Å². The second-order valence-corrected chi connectivity index (χ2v) is 6.22. The molecule has 1 aromatic heterocycles. The maximum Gasteiger partial charge on any atom is 0.141 e. The van der Waals surface area contributed by atoms with E-state index in [2.05, 4.69) is 10.6 Å². The third kappa shape index (κ3) is 3.58. The molecule has 0 radical (unpaired) electrons. The molecule has 0 bridgehead atoms. The molecule has 0 saturated carbocycles. The smallest absolute Gasteiger partial charge is 0.141 e. The molecule has 3 aromatic carbocycles. The summed E-state index contributed by atoms with van der Waals surface area (Å²) in [7, 11) is 1.65. The number of fused-ring (bicyclic) bond motifs is 1. The molecule has 0 saturated heterocycles. The Kier molecular flexibility index (Phi) is 4.66. The quantitative estimate of drug-likeness (QED) is 0.519. The van der Waals surface area contributed by atoms with Gasteiger partial charge >= 0.3 is 0 Å². The summed E-state index contributed by atoms with van der Waals surface area (Å²) in [5.74, 6) is 2.54. The topological polar surface area (TPSA) is 62.3 Å². The minimum absolute atomic E-state index is 0.536. The zero-order valence-corrected chi connectivity index (χ0v) is 15.1. The number of nitrogen functional groups attached to an aromatic ring is 1. The van der Waals surface area contributed by atoms with Gasteiger partial charge in [-0.25, -0.2) is 4.98 Å². The molecule has 0 atom stereocenters. The van der Waals surface area contributed by atoms with Crippen molar-refractivity contribution < 1.29 is 9.47 Å². The van der Waals surface area contributed by atoms with Crippen LogP contribution >= 0.6 is 0 Å². The van der Waals surface area contributed by atoms with Crippen molar-refractivity contribution in [3.8, 4) is 22.9 Å². The summed E-state index contributed by atoms with van der Waals surface area (Å²) in [6.45, 7) is 1.22. The summed E-state index contributed by atoms with van der Waals surface area (Å²) < 4.78 is 13.3. The molecule has 136 valence electrons. The lowest BCUT2D eigenvalue weighted by Gasteiger charge is -2.11. The molecule has 0 aliphatic rings. The first-order valence-electron chi connectivity index (χ1n) is 8.82. The molecule has 5 nitrogen and oxygen atoms in total. The van der Waals surface area contributed by atoms with Crippen LogP contribution in [0.4, 0.5) is 5.69 Å². The lowest BCUT2D eigenvalue weighted by atomic mass is 10.2. The summed E-state index contributed by atoms with van der Waals surface area (Å²) in [5.41, 5.74) is 9.65. The maximum atomic E-state index is 5.91. The molecule has 0 spiro atoms. The van der Waals surface area contributed by atoms with E-state index in [1.807, 2.05) is 66.7 Å². The number of nitrogens with two attached hydrogens (primary N) is 1. The molecule has 4 rings (SSSR count). The monoisotopic (exact) mass is 359 g/mol. The Morgan fingerprint density at radius 1 is 0.889 bits per heavy atom. The normalized spacial score (nSPS) is 10.9. The number of rotatable bonds is 6. The molecule has 0 aliphatic carbocycles. The Bertz CT molecular complexity index is 1040. The largest absolute Gasteiger partial charge is 0.497 e. The molecule has 0 unspecified atom stereocenters. The Balaban J connectivity index is 1.59. The zero-order valence-electron chi connectivity index (χ0n) is 15.1. The van der Waals surface area contributed by atoms with Gasteiger partial charge < -0.3 is 19.8 Å². The van der Waals surface area contributed by atoms with E-state index in [1.165, 1.54) is 0 Å². The molecule has 0 aliphatic heterocycles. The average molecular weight is 359 g/mol. The van der Waals surface area contributed by atoms with Gasteiger partial charge in [0.1, 0.15) is 23.9 Å². The number of benzene rings is 3. The number of ether oxygens (including phenoxy) is 2. The van der Waals surface area contributed by atoms with E-state index >= 15 is 0 Å². The maximum absolute atomic E-state index is 5.91.